The molecule has 0 saturated heterocycles. The van der Waals surface area contributed by atoms with Gasteiger partial charge < -0.3 is 5.32 Å². The number of carbonyl (C=O) groups excluding carboxylic acids is 2. The smallest absolute Gasteiger partial charge is 0.206 e. The fourth-order valence-corrected chi connectivity index (χ4v) is 2.38. The lowest BCUT2D eigenvalue weighted by Crippen LogP contribution is -2.23. The third kappa shape index (κ3) is 2.54. The largest absolute Gasteiger partial charge is 0.351 e. The summed E-state index contributed by atoms with van der Waals surface area (Å²) in [4.78, 5) is 24.2. The first kappa shape index (κ1) is 13.7. The molecule has 1 N–H and O–H groups in total. The van der Waals surface area contributed by atoms with E-state index in [1.807, 2.05) is 31.2 Å². The second-order valence-electron chi connectivity index (χ2n) is 4.59. The minimum atomic E-state index is -0.149. The van der Waals surface area contributed by atoms with Crippen molar-refractivity contribution < 1.29 is 9.59 Å². The Morgan fingerprint density at radius 2 is 1.42 bits per heavy atom. The number of Topliss-reactive ketones (excluding diaryl/α,β-unsaturated/α-hetero) is 2. The van der Waals surface area contributed by atoms with Crippen molar-refractivity contribution in [1.29, 1.82) is 0 Å². The second kappa shape index (κ2) is 5.13. The fourth-order valence-electron chi connectivity index (χ4n) is 1.80. The van der Waals surface area contributed by atoms with Crippen LogP contribution in [0.15, 0.2) is 45.6 Å². The highest BCUT2D eigenvalue weighted by atomic mass is 79.9. The van der Waals surface area contributed by atoms with E-state index < -0.39 is 0 Å². The third-order valence-electron chi connectivity index (χ3n) is 3.21. The van der Waals surface area contributed by atoms with E-state index in [2.05, 4.69) is 21.2 Å². The van der Waals surface area contributed by atoms with Crippen molar-refractivity contribution in [2.45, 2.75) is 20.8 Å². The Hall–Kier alpha value is -1.68. The number of nitrogens with one attached hydrogen (secondary N) is 1. The van der Waals surface area contributed by atoms with Gasteiger partial charge >= 0.3 is 0 Å². The van der Waals surface area contributed by atoms with Gasteiger partial charge in [-0.2, -0.15) is 0 Å². The molecule has 0 aliphatic heterocycles. The van der Waals surface area contributed by atoms with Crippen LogP contribution in [0.3, 0.4) is 0 Å². The van der Waals surface area contributed by atoms with Crippen molar-refractivity contribution in [3.63, 3.8) is 0 Å². The molecule has 0 fully saturated rings. The fraction of sp³-hybridized carbons (Fsp3) is 0.200. The number of aryl methyl sites for hydroxylation is 1. The molecule has 3 nitrogen and oxygen atoms in total. The standard InChI is InChI=1S/C15H14BrNO2/c1-8-4-6-11(7-5-8)17-13-12(16)14(18)9(2)10(3)15(13)19/h4-7,17H,1-3H3. The van der Waals surface area contributed by atoms with Crippen LogP contribution in [-0.2, 0) is 9.59 Å². The van der Waals surface area contributed by atoms with E-state index in [1.165, 1.54) is 0 Å². The van der Waals surface area contributed by atoms with Crippen LogP contribution in [0.2, 0.25) is 0 Å². The van der Waals surface area contributed by atoms with E-state index in [1.54, 1.807) is 13.8 Å². The van der Waals surface area contributed by atoms with Gasteiger partial charge in [0.25, 0.3) is 0 Å². The number of hydrogen-bond donors (Lipinski definition) is 1. The first-order chi connectivity index (χ1) is 8.91. The normalized spacial score (nSPS) is 16.2. The lowest BCUT2D eigenvalue weighted by Gasteiger charge is -2.18. The van der Waals surface area contributed by atoms with E-state index in [0.29, 0.717) is 21.3 Å². The van der Waals surface area contributed by atoms with Crippen molar-refractivity contribution in [3.8, 4) is 0 Å². The molecule has 1 aliphatic carbocycles. The Balaban J connectivity index is 2.37. The molecule has 0 atom stereocenters. The molecule has 0 radical (unpaired) electrons. The third-order valence-corrected chi connectivity index (χ3v) is 3.97. The van der Waals surface area contributed by atoms with Crippen LogP contribution in [0.25, 0.3) is 0 Å². The summed E-state index contributed by atoms with van der Waals surface area (Å²) in [6.07, 6.45) is 0. The Bertz CT molecular complexity index is 624. The summed E-state index contributed by atoms with van der Waals surface area (Å²) in [6, 6.07) is 7.64. The monoisotopic (exact) mass is 319 g/mol. The molecular formula is C15H14BrNO2. The van der Waals surface area contributed by atoms with Gasteiger partial charge in [-0.1, -0.05) is 17.7 Å². The number of anilines is 1. The molecule has 0 saturated carbocycles. The average Bonchev–Trinajstić information content (AvgIpc) is 2.41. The lowest BCUT2D eigenvalue weighted by molar-refractivity contribution is -0.115. The topological polar surface area (TPSA) is 46.2 Å². The number of ketones is 2. The summed E-state index contributed by atoms with van der Waals surface area (Å²) in [5.41, 5.74) is 3.20. The molecule has 0 aromatic heterocycles. The minimum Gasteiger partial charge on any atom is -0.351 e. The molecule has 0 unspecified atom stereocenters. The van der Waals surface area contributed by atoms with Crippen molar-refractivity contribution in [1.82, 2.24) is 0 Å². The van der Waals surface area contributed by atoms with Gasteiger partial charge in [0.2, 0.25) is 5.78 Å². The van der Waals surface area contributed by atoms with Crippen LogP contribution in [0.5, 0.6) is 0 Å². The molecule has 98 valence electrons. The van der Waals surface area contributed by atoms with Gasteiger partial charge in [0.05, 0.1) is 4.48 Å². The molecule has 1 aliphatic rings. The zero-order chi connectivity index (χ0) is 14.2. The summed E-state index contributed by atoms with van der Waals surface area (Å²) in [7, 11) is 0. The maximum Gasteiger partial charge on any atom is 0.206 e. The first-order valence-electron chi connectivity index (χ1n) is 5.92. The van der Waals surface area contributed by atoms with E-state index in [-0.39, 0.29) is 11.6 Å². The first-order valence-corrected chi connectivity index (χ1v) is 6.71. The molecule has 4 heteroatoms. The maximum atomic E-state index is 12.2. The van der Waals surface area contributed by atoms with Crippen molar-refractivity contribution in [2.75, 3.05) is 5.32 Å². The van der Waals surface area contributed by atoms with E-state index in [4.69, 9.17) is 0 Å². The van der Waals surface area contributed by atoms with Gasteiger partial charge in [-0.25, -0.2) is 0 Å². The Morgan fingerprint density at radius 3 is 2.00 bits per heavy atom. The van der Waals surface area contributed by atoms with Gasteiger partial charge in [-0.05, 0) is 48.8 Å². The molecule has 19 heavy (non-hydrogen) atoms. The zero-order valence-corrected chi connectivity index (χ0v) is 12.6. The number of rotatable bonds is 2. The summed E-state index contributed by atoms with van der Waals surface area (Å²) in [5, 5.41) is 3.02. The quantitative estimate of drug-likeness (QED) is 0.848. The van der Waals surface area contributed by atoms with E-state index in [9.17, 15) is 9.59 Å². The van der Waals surface area contributed by atoms with Crippen molar-refractivity contribution in [2.24, 2.45) is 0 Å². The molecule has 1 aromatic rings. The Labute approximate surface area is 120 Å². The number of carbonyl (C=O) groups is 2. The molecular weight excluding hydrogens is 306 g/mol. The van der Waals surface area contributed by atoms with Crippen molar-refractivity contribution >= 4 is 33.2 Å². The highest BCUT2D eigenvalue weighted by Gasteiger charge is 2.29. The van der Waals surface area contributed by atoms with Crippen LogP contribution in [0.1, 0.15) is 19.4 Å². The molecule has 0 heterocycles. The van der Waals surface area contributed by atoms with Crippen LogP contribution in [0.4, 0.5) is 5.69 Å². The predicted octanol–water partition coefficient (Wildman–Crippen LogP) is 3.50. The predicted molar refractivity (Wildman–Crippen MR) is 79.1 cm³/mol. The van der Waals surface area contributed by atoms with Crippen LogP contribution < -0.4 is 5.32 Å². The van der Waals surface area contributed by atoms with Gasteiger partial charge in [0.15, 0.2) is 5.78 Å². The summed E-state index contributed by atoms with van der Waals surface area (Å²) >= 11 is 3.21. The average molecular weight is 320 g/mol. The van der Waals surface area contributed by atoms with Crippen LogP contribution in [-0.4, -0.2) is 11.6 Å². The molecule has 0 spiro atoms. The van der Waals surface area contributed by atoms with Crippen LogP contribution in [0, 0.1) is 6.92 Å². The van der Waals surface area contributed by atoms with Crippen LogP contribution >= 0.6 is 15.9 Å². The van der Waals surface area contributed by atoms with Gasteiger partial charge in [-0.15, -0.1) is 0 Å². The number of benzene rings is 1. The Morgan fingerprint density at radius 1 is 0.895 bits per heavy atom. The number of allylic oxidation sites excluding steroid dienone is 3. The molecule has 0 bridgehead atoms. The lowest BCUT2D eigenvalue weighted by atomic mass is 9.95. The highest BCUT2D eigenvalue weighted by molar-refractivity contribution is 9.12. The number of halogens is 1. The van der Waals surface area contributed by atoms with Gasteiger partial charge in [-0.3, -0.25) is 9.59 Å². The summed E-state index contributed by atoms with van der Waals surface area (Å²) in [6.45, 7) is 5.33. The Kier molecular flexibility index (Phi) is 3.71. The van der Waals surface area contributed by atoms with Crippen molar-refractivity contribution in [3.05, 3.63) is 51.2 Å². The molecule has 1 aromatic carbocycles. The zero-order valence-electron chi connectivity index (χ0n) is 11.0. The molecule has 0 amide bonds. The van der Waals surface area contributed by atoms with Gasteiger partial charge in [0.1, 0.15) is 5.70 Å². The van der Waals surface area contributed by atoms with Gasteiger partial charge in [0, 0.05) is 16.8 Å². The SMILES string of the molecule is CC1=C(C)C(=O)C(Nc2ccc(C)cc2)=C(Br)C1=O. The highest BCUT2D eigenvalue weighted by Crippen LogP contribution is 2.28. The summed E-state index contributed by atoms with van der Waals surface area (Å²) in [5.74, 6) is -0.295. The second-order valence-corrected chi connectivity index (χ2v) is 5.38. The minimum absolute atomic E-state index is 0.147. The number of hydrogen-bond acceptors (Lipinski definition) is 3. The van der Waals surface area contributed by atoms with E-state index in [0.717, 1.165) is 11.3 Å². The van der Waals surface area contributed by atoms with E-state index >= 15 is 0 Å². The summed E-state index contributed by atoms with van der Waals surface area (Å²) < 4.78 is 0.293. The molecule has 2 rings (SSSR count). The maximum absolute atomic E-state index is 12.2.